The molecule has 0 bridgehead atoms. The predicted molar refractivity (Wildman–Crippen MR) is 84.5 cm³/mol. The van der Waals surface area contributed by atoms with Crippen LogP contribution in [0.5, 0.6) is 0 Å². The fourth-order valence-electron chi connectivity index (χ4n) is 1.69. The van der Waals surface area contributed by atoms with Gasteiger partial charge >= 0.3 is 0 Å². The van der Waals surface area contributed by atoms with E-state index in [1.807, 2.05) is 0 Å². The van der Waals surface area contributed by atoms with Gasteiger partial charge in [0.1, 0.15) is 6.04 Å². The van der Waals surface area contributed by atoms with Crippen molar-refractivity contribution in [1.82, 2.24) is 16.2 Å². The van der Waals surface area contributed by atoms with Crippen molar-refractivity contribution in [3.05, 3.63) is 33.8 Å². The van der Waals surface area contributed by atoms with Gasteiger partial charge in [-0.05, 0) is 24.1 Å². The first-order valence-electron chi connectivity index (χ1n) is 6.54. The van der Waals surface area contributed by atoms with Gasteiger partial charge in [0.05, 0.1) is 10.6 Å². The Labute approximate surface area is 138 Å². The average molecular weight is 346 g/mol. The SMILES string of the molecule is CC(=O)N[C@H](C(=O)NNC(=O)c1cc(Cl)ccc1Cl)C(C)C. The van der Waals surface area contributed by atoms with Crippen LogP contribution in [0.2, 0.25) is 10.0 Å². The Kier molecular flexibility index (Phi) is 6.64. The maximum absolute atomic E-state index is 12.0. The summed E-state index contributed by atoms with van der Waals surface area (Å²) in [4.78, 5) is 35.1. The standard InChI is InChI=1S/C14H17Cl2N3O3/c1-7(2)12(17-8(3)20)14(22)19-18-13(21)10-6-9(15)4-5-11(10)16/h4-7,12H,1-3H3,(H,17,20)(H,18,21)(H,19,22)/t12-/m0/s1. The van der Waals surface area contributed by atoms with E-state index in [-0.39, 0.29) is 22.4 Å². The molecule has 1 aromatic carbocycles. The van der Waals surface area contributed by atoms with Gasteiger partial charge in [0.25, 0.3) is 11.8 Å². The summed E-state index contributed by atoms with van der Waals surface area (Å²) in [5.74, 6) is -1.61. The molecule has 0 aromatic heterocycles. The summed E-state index contributed by atoms with van der Waals surface area (Å²) in [6, 6.07) is 3.66. The van der Waals surface area contributed by atoms with Gasteiger partial charge in [0.2, 0.25) is 5.91 Å². The normalized spacial score (nSPS) is 11.7. The van der Waals surface area contributed by atoms with Crippen molar-refractivity contribution in [3.8, 4) is 0 Å². The largest absolute Gasteiger partial charge is 0.344 e. The minimum atomic E-state index is -0.757. The Morgan fingerprint density at radius 2 is 1.73 bits per heavy atom. The summed E-state index contributed by atoms with van der Waals surface area (Å²) < 4.78 is 0. The first kappa shape index (κ1) is 18.3. The molecule has 0 heterocycles. The van der Waals surface area contributed by atoms with Crippen LogP contribution in [0.1, 0.15) is 31.1 Å². The van der Waals surface area contributed by atoms with Crippen LogP contribution >= 0.6 is 23.2 Å². The Morgan fingerprint density at radius 3 is 2.27 bits per heavy atom. The van der Waals surface area contributed by atoms with Crippen LogP contribution in [0.3, 0.4) is 0 Å². The molecule has 6 nitrogen and oxygen atoms in total. The fourth-order valence-corrected chi connectivity index (χ4v) is 2.06. The highest BCUT2D eigenvalue weighted by Gasteiger charge is 2.23. The van der Waals surface area contributed by atoms with Gasteiger partial charge in [0.15, 0.2) is 0 Å². The van der Waals surface area contributed by atoms with Gasteiger partial charge in [-0.2, -0.15) is 0 Å². The van der Waals surface area contributed by atoms with E-state index in [4.69, 9.17) is 23.2 Å². The minimum Gasteiger partial charge on any atom is -0.344 e. The number of nitrogens with one attached hydrogen (secondary N) is 3. The molecule has 0 saturated heterocycles. The molecular weight excluding hydrogens is 329 g/mol. The van der Waals surface area contributed by atoms with Gasteiger partial charge < -0.3 is 5.32 Å². The first-order chi connectivity index (χ1) is 10.2. The lowest BCUT2D eigenvalue weighted by Crippen LogP contribution is -2.54. The summed E-state index contributed by atoms with van der Waals surface area (Å²) in [6.45, 7) is 4.86. The van der Waals surface area contributed by atoms with Crippen molar-refractivity contribution < 1.29 is 14.4 Å². The summed E-state index contributed by atoms with van der Waals surface area (Å²) in [6.07, 6.45) is 0. The van der Waals surface area contributed by atoms with Gasteiger partial charge in [-0.15, -0.1) is 0 Å². The predicted octanol–water partition coefficient (Wildman–Crippen LogP) is 1.92. The lowest BCUT2D eigenvalue weighted by Gasteiger charge is -2.21. The molecular formula is C14H17Cl2N3O3. The van der Waals surface area contributed by atoms with Gasteiger partial charge in [0, 0.05) is 11.9 Å². The highest BCUT2D eigenvalue weighted by Crippen LogP contribution is 2.20. The van der Waals surface area contributed by atoms with Crippen molar-refractivity contribution >= 4 is 40.9 Å². The van der Waals surface area contributed by atoms with Gasteiger partial charge in [-0.25, -0.2) is 0 Å². The number of carbonyl (C=O) groups excluding carboxylic acids is 3. The van der Waals surface area contributed by atoms with Crippen LogP contribution < -0.4 is 16.2 Å². The maximum atomic E-state index is 12.0. The highest BCUT2D eigenvalue weighted by atomic mass is 35.5. The zero-order chi connectivity index (χ0) is 16.9. The smallest absolute Gasteiger partial charge is 0.271 e. The third-order valence-corrected chi connectivity index (χ3v) is 3.34. The van der Waals surface area contributed by atoms with Gasteiger partial charge in [-0.1, -0.05) is 37.0 Å². The first-order valence-corrected chi connectivity index (χ1v) is 7.30. The molecule has 3 amide bonds. The molecule has 120 valence electrons. The molecule has 0 radical (unpaired) electrons. The Hall–Kier alpha value is -1.79. The topological polar surface area (TPSA) is 87.3 Å². The third-order valence-electron chi connectivity index (χ3n) is 2.78. The number of rotatable bonds is 4. The van der Waals surface area contributed by atoms with Crippen LogP contribution in [-0.2, 0) is 9.59 Å². The average Bonchev–Trinajstić information content (AvgIpc) is 2.43. The van der Waals surface area contributed by atoms with E-state index >= 15 is 0 Å². The number of amides is 3. The minimum absolute atomic E-state index is 0.134. The molecule has 3 N–H and O–H groups in total. The molecule has 8 heteroatoms. The summed E-state index contributed by atoms with van der Waals surface area (Å²) in [5, 5.41) is 3.07. The molecule has 1 atom stereocenters. The van der Waals surface area contributed by atoms with Crippen molar-refractivity contribution in [2.75, 3.05) is 0 Å². The molecule has 0 aliphatic rings. The molecule has 0 unspecified atom stereocenters. The van der Waals surface area contributed by atoms with Crippen molar-refractivity contribution in [2.45, 2.75) is 26.8 Å². The Morgan fingerprint density at radius 1 is 1.09 bits per heavy atom. The lowest BCUT2D eigenvalue weighted by molar-refractivity contribution is -0.129. The monoisotopic (exact) mass is 345 g/mol. The second kappa shape index (κ2) is 8.00. The molecule has 1 rings (SSSR count). The van der Waals surface area contributed by atoms with E-state index < -0.39 is 17.9 Å². The van der Waals surface area contributed by atoms with Crippen LogP contribution in [0.25, 0.3) is 0 Å². The Bertz CT molecular complexity index is 591. The molecule has 0 aliphatic carbocycles. The maximum Gasteiger partial charge on any atom is 0.271 e. The third kappa shape index (κ3) is 5.20. The number of benzene rings is 1. The lowest BCUT2D eigenvalue weighted by atomic mass is 10.0. The second-order valence-electron chi connectivity index (χ2n) is 4.99. The van der Waals surface area contributed by atoms with Crippen molar-refractivity contribution in [1.29, 1.82) is 0 Å². The number of hydrogen-bond acceptors (Lipinski definition) is 3. The number of carbonyl (C=O) groups is 3. The van der Waals surface area contributed by atoms with E-state index in [0.29, 0.717) is 5.02 Å². The van der Waals surface area contributed by atoms with E-state index in [1.54, 1.807) is 19.9 Å². The molecule has 0 aliphatic heterocycles. The zero-order valence-corrected chi connectivity index (χ0v) is 13.9. The summed E-state index contributed by atoms with van der Waals surface area (Å²) in [7, 11) is 0. The molecule has 0 fully saturated rings. The number of halogens is 2. The van der Waals surface area contributed by atoms with E-state index in [0.717, 1.165) is 0 Å². The van der Waals surface area contributed by atoms with Crippen LogP contribution in [-0.4, -0.2) is 23.8 Å². The van der Waals surface area contributed by atoms with Crippen LogP contribution in [0.15, 0.2) is 18.2 Å². The zero-order valence-electron chi connectivity index (χ0n) is 12.4. The Balaban J connectivity index is 2.71. The molecule has 1 aromatic rings. The summed E-state index contributed by atoms with van der Waals surface area (Å²) >= 11 is 11.7. The van der Waals surface area contributed by atoms with Gasteiger partial charge in [-0.3, -0.25) is 25.2 Å². The van der Waals surface area contributed by atoms with Crippen molar-refractivity contribution in [3.63, 3.8) is 0 Å². The van der Waals surface area contributed by atoms with E-state index in [2.05, 4.69) is 16.2 Å². The fraction of sp³-hybridized carbons (Fsp3) is 0.357. The highest BCUT2D eigenvalue weighted by molar-refractivity contribution is 6.35. The summed E-state index contributed by atoms with van der Waals surface area (Å²) in [5.41, 5.74) is 4.64. The van der Waals surface area contributed by atoms with E-state index in [1.165, 1.54) is 19.1 Å². The number of hydrogen-bond donors (Lipinski definition) is 3. The molecule has 22 heavy (non-hydrogen) atoms. The molecule has 0 saturated carbocycles. The quantitative estimate of drug-likeness (QED) is 0.728. The molecule has 0 spiro atoms. The van der Waals surface area contributed by atoms with Crippen LogP contribution in [0.4, 0.5) is 0 Å². The van der Waals surface area contributed by atoms with E-state index in [9.17, 15) is 14.4 Å². The number of hydrazine groups is 1. The second-order valence-corrected chi connectivity index (χ2v) is 5.83. The van der Waals surface area contributed by atoms with Crippen LogP contribution in [0, 0.1) is 5.92 Å². The van der Waals surface area contributed by atoms with Crippen molar-refractivity contribution in [2.24, 2.45) is 5.92 Å².